The SMILES string of the molecule is CN(C)c1ccc(-c2cn3c(-c4ccc(C(N)=O)c(C5CC5)c4)cnc3c(NCC3CCCO3)n2)cc1. The number of fused-ring (bicyclic) bond motifs is 1. The highest BCUT2D eigenvalue weighted by molar-refractivity contribution is 5.95. The fraction of sp³-hybridized carbons (Fsp3) is 0.345. The standard InChI is InChI=1S/C29H32N6O2/c1-34(2)21-10-7-19(8-11-21)25-17-35-26(20-9-12-23(27(30)36)24(14-20)18-5-6-18)16-32-29(35)28(33-25)31-15-22-4-3-13-37-22/h7-12,14,16-18,22H,3-6,13,15H2,1-2H3,(H2,30,36)(H,31,33). The Hall–Kier alpha value is -3.91. The normalized spacial score (nSPS) is 17.3. The van der Waals surface area contributed by atoms with Gasteiger partial charge in [0, 0.05) is 55.8 Å². The first-order valence-electron chi connectivity index (χ1n) is 12.9. The van der Waals surface area contributed by atoms with Crippen LogP contribution in [0.4, 0.5) is 11.5 Å². The third-order valence-corrected chi connectivity index (χ3v) is 7.32. The minimum absolute atomic E-state index is 0.182. The zero-order valence-corrected chi connectivity index (χ0v) is 21.3. The lowest BCUT2D eigenvalue weighted by atomic mass is 9.98. The molecule has 1 amide bonds. The van der Waals surface area contributed by atoms with E-state index in [2.05, 4.69) is 44.9 Å². The van der Waals surface area contributed by atoms with E-state index < -0.39 is 0 Å². The summed E-state index contributed by atoms with van der Waals surface area (Å²) >= 11 is 0. The summed E-state index contributed by atoms with van der Waals surface area (Å²) in [6.45, 7) is 1.50. The molecular weight excluding hydrogens is 464 g/mol. The van der Waals surface area contributed by atoms with Crippen molar-refractivity contribution >= 4 is 23.1 Å². The molecule has 2 aliphatic rings. The Morgan fingerprint density at radius 1 is 1.14 bits per heavy atom. The average Bonchev–Trinajstić information content (AvgIpc) is 3.45. The molecule has 1 aliphatic heterocycles. The number of hydrogen-bond acceptors (Lipinski definition) is 6. The van der Waals surface area contributed by atoms with Gasteiger partial charge < -0.3 is 20.7 Å². The smallest absolute Gasteiger partial charge is 0.248 e. The molecule has 37 heavy (non-hydrogen) atoms. The maximum absolute atomic E-state index is 12.0. The first-order chi connectivity index (χ1) is 18.0. The highest BCUT2D eigenvalue weighted by Gasteiger charge is 2.28. The topological polar surface area (TPSA) is 97.8 Å². The molecule has 1 atom stereocenters. The van der Waals surface area contributed by atoms with Crippen molar-refractivity contribution in [2.75, 3.05) is 37.5 Å². The van der Waals surface area contributed by atoms with Gasteiger partial charge in [0.05, 0.1) is 23.7 Å². The second-order valence-electron chi connectivity index (χ2n) is 10.2. The van der Waals surface area contributed by atoms with E-state index in [-0.39, 0.29) is 12.0 Å². The minimum atomic E-state index is -0.375. The number of rotatable bonds is 8. The van der Waals surface area contributed by atoms with Gasteiger partial charge in [-0.25, -0.2) is 9.97 Å². The number of aromatic nitrogens is 3. The number of nitrogens with zero attached hydrogens (tertiary/aromatic N) is 4. The quantitative estimate of drug-likeness (QED) is 0.367. The summed E-state index contributed by atoms with van der Waals surface area (Å²) < 4.78 is 7.92. The molecule has 1 unspecified atom stereocenters. The van der Waals surface area contributed by atoms with Crippen LogP contribution in [0.2, 0.25) is 0 Å². The minimum Gasteiger partial charge on any atom is -0.378 e. The van der Waals surface area contributed by atoms with Crippen molar-refractivity contribution in [3.63, 3.8) is 0 Å². The third-order valence-electron chi connectivity index (χ3n) is 7.32. The second-order valence-corrected chi connectivity index (χ2v) is 10.2. The molecule has 0 spiro atoms. The molecule has 190 valence electrons. The molecular formula is C29H32N6O2. The van der Waals surface area contributed by atoms with Crippen LogP contribution >= 0.6 is 0 Å². The fourth-order valence-electron chi connectivity index (χ4n) is 5.08. The second kappa shape index (κ2) is 9.52. The number of imidazole rings is 1. The van der Waals surface area contributed by atoms with Crippen molar-refractivity contribution < 1.29 is 9.53 Å². The van der Waals surface area contributed by atoms with Gasteiger partial charge >= 0.3 is 0 Å². The molecule has 0 radical (unpaired) electrons. The van der Waals surface area contributed by atoms with E-state index in [1.807, 2.05) is 38.6 Å². The van der Waals surface area contributed by atoms with E-state index in [0.717, 1.165) is 77.5 Å². The number of carbonyl (C=O) groups is 1. The Balaban J connectivity index is 1.45. The van der Waals surface area contributed by atoms with Crippen molar-refractivity contribution in [1.82, 2.24) is 14.4 Å². The Labute approximate surface area is 216 Å². The van der Waals surface area contributed by atoms with Crippen LogP contribution in [0.5, 0.6) is 0 Å². The van der Waals surface area contributed by atoms with Gasteiger partial charge in [0.25, 0.3) is 0 Å². The number of hydrogen-bond donors (Lipinski definition) is 2. The molecule has 8 heteroatoms. The van der Waals surface area contributed by atoms with Crippen LogP contribution in [0.15, 0.2) is 54.9 Å². The highest BCUT2D eigenvalue weighted by atomic mass is 16.5. The summed E-state index contributed by atoms with van der Waals surface area (Å²) in [6.07, 6.45) is 8.41. The summed E-state index contributed by atoms with van der Waals surface area (Å²) in [5, 5.41) is 3.51. The molecule has 1 aliphatic carbocycles. The fourth-order valence-corrected chi connectivity index (χ4v) is 5.08. The monoisotopic (exact) mass is 496 g/mol. The van der Waals surface area contributed by atoms with E-state index in [4.69, 9.17) is 20.4 Å². The highest BCUT2D eigenvalue weighted by Crippen LogP contribution is 2.43. The van der Waals surface area contributed by atoms with Crippen molar-refractivity contribution in [3.8, 4) is 22.5 Å². The number of nitrogens with two attached hydrogens (primary N) is 1. The van der Waals surface area contributed by atoms with Crippen LogP contribution in [0.25, 0.3) is 28.2 Å². The molecule has 3 N–H and O–H groups in total. The van der Waals surface area contributed by atoms with Gasteiger partial charge in [0.2, 0.25) is 5.91 Å². The molecule has 6 rings (SSSR count). The van der Waals surface area contributed by atoms with E-state index >= 15 is 0 Å². The molecule has 2 aromatic heterocycles. The Morgan fingerprint density at radius 2 is 1.92 bits per heavy atom. The predicted octanol–water partition coefficient (Wildman–Crippen LogP) is 4.70. The average molecular weight is 497 g/mol. The lowest BCUT2D eigenvalue weighted by Crippen LogP contribution is -2.19. The maximum Gasteiger partial charge on any atom is 0.248 e. The largest absolute Gasteiger partial charge is 0.378 e. The first kappa shape index (κ1) is 23.5. The number of primary amides is 1. The van der Waals surface area contributed by atoms with Crippen LogP contribution in [0.1, 0.15) is 47.5 Å². The van der Waals surface area contributed by atoms with Crippen LogP contribution in [-0.4, -0.2) is 53.6 Å². The Bertz CT molecular complexity index is 1450. The van der Waals surface area contributed by atoms with Gasteiger partial charge in [-0.3, -0.25) is 9.20 Å². The lowest BCUT2D eigenvalue weighted by Gasteiger charge is -2.15. The maximum atomic E-state index is 12.0. The summed E-state index contributed by atoms with van der Waals surface area (Å²) in [5.41, 5.74) is 13.0. The van der Waals surface area contributed by atoms with Crippen LogP contribution in [0, 0.1) is 0 Å². The van der Waals surface area contributed by atoms with Crippen molar-refractivity contribution in [2.45, 2.75) is 37.7 Å². The van der Waals surface area contributed by atoms with Gasteiger partial charge in [-0.2, -0.15) is 0 Å². The number of ether oxygens (including phenoxy) is 1. The lowest BCUT2D eigenvalue weighted by molar-refractivity contribution is 0.0999. The van der Waals surface area contributed by atoms with E-state index in [0.29, 0.717) is 18.0 Å². The zero-order valence-electron chi connectivity index (χ0n) is 21.3. The van der Waals surface area contributed by atoms with Gasteiger partial charge in [-0.1, -0.05) is 18.2 Å². The summed E-state index contributed by atoms with van der Waals surface area (Å²) in [4.78, 5) is 23.9. The van der Waals surface area contributed by atoms with Crippen LogP contribution in [0.3, 0.4) is 0 Å². The number of nitrogens with one attached hydrogen (secondary N) is 1. The van der Waals surface area contributed by atoms with E-state index in [1.165, 1.54) is 0 Å². The number of carbonyl (C=O) groups excluding carboxylic acids is 1. The molecule has 2 aromatic carbocycles. The van der Waals surface area contributed by atoms with E-state index in [9.17, 15) is 4.79 Å². The summed E-state index contributed by atoms with van der Waals surface area (Å²) in [7, 11) is 4.06. The molecule has 4 aromatic rings. The van der Waals surface area contributed by atoms with Crippen molar-refractivity contribution in [2.24, 2.45) is 5.73 Å². The van der Waals surface area contributed by atoms with Gasteiger partial charge in [0.1, 0.15) is 0 Å². The van der Waals surface area contributed by atoms with Crippen LogP contribution < -0.4 is 16.0 Å². The zero-order chi connectivity index (χ0) is 25.5. The van der Waals surface area contributed by atoms with Gasteiger partial charge in [-0.05, 0) is 61.4 Å². The van der Waals surface area contributed by atoms with Gasteiger partial charge in [0.15, 0.2) is 11.5 Å². The number of benzene rings is 2. The Kier molecular flexibility index (Phi) is 6.04. The summed E-state index contributed by atoms with van der Waals surface area (Å²) in [5.74, 6) is 0.754. The first-order valence-corrected chi connectivity index (χ1v) is 12.9. The molecule has 1 saturated heterocycles. The van der Waals surface area contributed by atoms with E-state index in [1.54, 1.807) is 0 Å². The molecule has 2 fully saturated rings. The number of amides is 1. The third kappa shape index (κ3) is 4.64. The van der Waals surface area contributed by atoms with Crippen molar-refractivity contribution in [3.05, 3.63) is 66.0 Å². The molecule has 1 saturated carbocycles. The molecule has 8 nitrogen and oxygen atoms in total. The Morgan fingerprint density at radius 3 is 2.59 bits per heavy atom. The van der Waals surface area contributed by atoms with Crippen LogP contribution in [-0.2, 0) is 4.74 Å². The van der Waals surface area contributed by atoms with Crippen molar-refractivity contribution in [1.29, 1.82) is 0 Å². The summed E-state index contributed by atoms with van der Waals surface area (Å²) in [6, 6.07) is 14.3. The predicted molar refractivity (Wildman–Crippen MR) is 146 cm³/mol. The van der Waals surface area contributed by atoms with Gasteiger partial charge in [-0.15, -0.1) is 0 Å². The molecule has 3 heterocycles. The molecule has 0 bridgehead atoms. The number of anilines is 2.